The highest BCUT2D eigenvalue weighted by Gasteiger charge is 2.32. The highest BCUT2D eigenvalue weighted by molar-refractivity contribution is 5.85. The van der Waals surface area contributed by atoms with E-state index in [2.05, 4.69) is 11.4 Å². The first kappa shape index (κ1) is 17.9. The summed E-state index contributed by atoms with van der Waals surface area (Å²) >= 11 is 0. The van der Waals surface area contributed by atoms with Crippen molar-refractivity contribution in [2.24, 2.45) is 5.92 Å². The maximum absolute atomic E-state index is 12.6. The third-order valence-electron chi connectivity index (χ3n) is 4.42. The fourth-order valence-corrected chi connectivity index (χ4v) is 3.32. The largest absolute Gasteiger partial charge is 0.486 e. The Kier molecular flexibility index (Phi) is 6.13. The van der Waals surface area contributed by atoms with Crippen LogP contribution in [0.2, 0.25) is 0 Å². The smallest absolute Gasteiger partial charge is 0.227 e. The van der Waals surface area contributed by atoms with E-state index in [1.807, 2.05) is 31.0 Å². The lowest BCUT2D eigenvalue weighted by Gasteiger charge is -2.29. The first-order chi connectivity index (χ1) is 10.7. The van der Waals surface area contributed by atoms with Crippen LogP contribution in [0.25, 0.3) is 0 Å². The van der Waals surface area contributed by atoms with E-state index in [0.717, 1.165) is 36.4 Å². The number of hydrogen-bond acceptors (Lipinski definition) is 4. The molecule has 5 nitrogen and oxygen atoms in total. The van der Waals surface area contributed by atoms with Crippen molar-refractivity contribution in [3.63, 3.8) is 0 Å². The first-order valence-corrected chi connectivity index (χ1v) is 8.05. The summed E-state index contributed by atoms with van der Waals surface area (Å²) < 4.78 is 11.2. The number of nitrogens with zero attached hydrogens (tertiary/aromatic N) is 1. The van der Waals surface area contributed by atoms with E-state index in [0.29, 0.717) is 19.8 Å². The van der Waals surface area contributed by atoms with Gasteiger partial charge in [-0.2, -0.15) is 0 Å². The zero-order valence-corrected chi connectivity index (χ0v) is 14.5. The molecule has 1 fully saturated rings. The van der Waals surface area contributed by atoms with Crippen molar-refractivity contribution in [2.45, 2.75) is 25.8 Å². The number of likely N-dealkylation sites (tertiary alicyclic amines) is 1. The van der Waals surface area contributed by atoms with Gasteiger partial charge in [0.05, 0.1) is 6.04 Å². The van der Waals surface area contributed by atoms with Crippen molar-refractivity contribution >= 4 is 18.3 Å². The highest BCUT2D eigenvalue weighted by Crippen LogP contribution is 2.38. The Morgan fingerprint density at radius 1 is 1.35 bits per heavy atom. The molecule has 0 aliphatic carbocycles. The quantitative estimate of drug-likeness (QED) is 0.914. The summed E-state index contributed by atoms with van der Waals surface area (Å²) in [6.45, 7) is 4.72. The summed E-state index contributed by atoms with van der Waals surface area (Å²) in [4.78, 5) is 14.7. The van der Waals surface area contributed by atoms with E-state index in [1.165, 1.54) is 0 Å². The van der Waals surface area contributed by atoms with Crippen molar-refractivity contribution < 1.29 is 14.3 Å². The lowest BCUT2D eigenvalue weighted by Crippen LogP contribution is -2.38. The molecule has 2 aliphatic heterocycles. The average Bonchev–Trinajstić information content (AvgIpc) is 3.03. The summed E-state index contributed by atoms with van der Waals surface area (Å²) in [6.07, 6.45) is 2.06. The molecular formula is C17H25ClN2O3. The van der Waals surface area contributed by atoms with Crippen molar-refractivity contribution in [3.05, 3.63) is 23.8 Å². The van der Waals surface area contributed by atoms with E-state index in [4.69, 9.17) is 9.47 Å². The normalized spacial score (nSPS) is 20.8. The molecule has 1 saturated heterocycles. The fourth-order valence-electron chi connectivity index (χ4n) is 3.32. The molecule has 3 rings (SSSR count). The molecule has 0 aromatic heterocycles. The summed E-state index contributed by atoms with van der Waals surface area (Å²) in [5, 5.41) is 3.08. The molecule has 1 amide bonds. The molecule has 0 bridgehead atoms. The second-order valence-corrected chi connectivity index (χ2v) is 6.05. The van der Waals surface area contributed by atoms with E-state index in [1.54, 1.807) is 0 Å². The predicted octanol–water partition coefficient (Wildman–Crippen LogP) is 2.40. The molecule has 23 heavy (non-hydrogen) atoms. The number of ether oxygens (including phenoxy) is 2. The van der Waals surface area contributed by atoms with Crippen LogP contribution in [0.5, 0.6) is 11.5 Å². The second-order valence-electron chi connectivity index (χ2n) is 6.05. The van der Waals surface area contributed by atoms with Gasteiger partial charge in [0, 0.05) is 19.0 Å². The number of hydrogen-bond donors (Lipinski definition) is 1. The van der Waals surface area contributed by atoms with Gasteiger partial charge in [0.25, 0.3) is 0 Å². The Morgan fingerprint density at radius 3 is 2.83 bits per heavy atom. The summed E-state index contributed by atoms with van der Waals surface area (Å²) in [5.41, 5.74) is 1.15. The Balaban J connectivity index is 0.00000192. The number of nitrogens with one attached hydrogen (secondary N) is 1. The molecule has 0 saturated carbocycles. The van der Waals surface area contributed by atoms with Crippen LogP contribution >= 0.6 is 12.4 Å². The minimum absolute atomic E-state index is 0. The van der Waals surface area contributed by atoms with Crippen LogP contribution < -0.4 is 14.8 Å². The molecule has 6 heteroatoms. The third-order valence-corrected chi connectivity index (χ3v) is 4.42. The Labute approximate surface area is 143 Å². The number of amides is 1. The van der Waals surface area contributed by atoms with Gasteiger partial charge in [0.15, 0.2) is 11.5 Å². The van der Waals surface area contributed by atoms with Crippen molar-refractivity contribution in [1.82, 2.24) is 10.2 Å². The monoisotopic (exact) mass is 340 g/mol. The van der Waals surface area contributed by atoms with Gasteiger partial charge in [0.2, 0.25) is 5.91 Å². The summed E-state index contributed by atoms with van der Waals surface area (Å²) in [6, 6.07) is 6.21. The lowest BCUT2D eigenvalue weighted by molar-refractivity contribution is -0.135. The van der Waals surface area contributed by atoms with Crippen molar-refractivity contribution in [3.8, 4) is 11.5 Å². The lowest BCUT2D eigenvalue weighted by atomic mass is 10.0. The van der Waals surface area contributed by atoms with Crippen LogP contribution in [0.15, 0.2) is 18.2 Å². The van der Waals surface area contributed by atoms with Crippen LogP contribution in [0.1, 0.15) is 31.4 Å². The number of rotatable bonds is 4. The molecule has 0 spiro atoms. The van der Waals surface area contributed by atoms with Gasteiger partial charge in [-0.25, -0.2) is 0 Å². The Morgan fingerprint density at radius 2 is 2.09 bits per heavy atom. The molecular weight excluding hydrogens is 316 g/mol. The van der Waals surface area contributed by atoms with Crippen LogP contribution in [0.4, 0.5) is 0 Å². The van der Waals surface area contributed by atoms with Gasteiger partial charge in [-0.05, 0) is 37.6 Å². The van der Waals surface area contributed by atoms with Gasteiger partial charge in [-0.1, -0.05) is 13.0 Å². The van der Waals surface area contributed by atoms with Gasteiger partial charge < -0.3 is 19.7 Å². The standard InChI is InChI=1S/C17H24N2O3.ClH/c1-12(11-18-2)17(20)19-7-3-4-14(19)13-5-6-15-16(10-13)22-9-8-21-15;/h5-6,10,12,14,18H,3-4,7-9,11H2,1-2H3;1H. The highest BCUT2D eigenvalue weighted by atomic mass is 35.5. The topological polar surface area (TPSA) is 50.8 Å². The maximum atomic E-state index is 12.6. The van der Waals surface area contributed by atoms with Crippen LogP contribution in [-0.2, 0) is 4.79 Å². The molecule has 128 valence electrons. The molecule has 2 atom stereocenters. The fraction of sp³-hybridized carbons (Fsp3) is 0.588. The number of halogens is 1. The van der Waals surface area contributed by atoms with Gasteiger partial charge >= 0.3 is 0 Å². The molecule has 1 aromatic rings. The minimum atomic E-state index is 0. The molecule has 2 heterocycles. The molecule has 2 unspecified atom stereocenters. The van der Waals surface area contributed by atoms with E-state index in [-0.39, 0.29) is 30.3 Å². The van der Waals surface area contributed by atoms with Crippen LogP contribution in [-0.4, -0.2) is 44.2 Å². The number of carbonyl (C=O) groups excluding carboxylic acids is 1. The van der Waals surface area contributed by atoms with E-state index >= 15 is 0 Å². The SMILES string of the molecule is CNCC(C)C(=O)N1CCCC1c1ccc2c(c1)OCCO2.Cl. The van der Waals surface area contributed by atoms with Crippen LogP contribution in [0, 0.1) is 5.92 Å². The molecule has 1 N–H and O–H groups in total. The predicted molar refractivity (Wildman–Crippen MR) is 91.5 cm³/mol. The number of benzene rings is 1. The summed E-state index contributed by atoms with van der Waals surface area (Å²) in [7, 11) is 1.88. The number of fused-ring (bicyclic) bond motifs is 1. The summed E-state index contributed by atoms with van der Waals surface area (Å²) in [5.74, 6) is 1.83. The van der Waals surface area contributed by atoms with Gasteiger partial charge in [0.1, 0.15) is 13.2 Å². The Hall–Kier alpha value is -1.46. The van der Waals surface area contributed by atoms with E-state index < -0.39 is 0 Å². The van der Waals surface area contributed by atoms with Crippen molar-refractivity contribution in [2.75, 3.05) is 33.4 Å². The first-order valence-electron chi connectivity index (χ1n) is 8.05. The average molecular weight is 341 g/mol. The maximum Gasteiger partial charge on any atom is 0.227 e. The van der Waals surface area contributed by atoms with Crippen LogP contribution in [0.3, 0.4) is 0 Å². The zero-order chi connectivity index (χ0) is 15.5. The zero-order valence-electron chi connectivity index (χ0n) is 13.7. The van der Waals surface area contributed by atoms with Crippen molar-refractivity contribution in [1.29, 1.82) is 0 Å². The second kappa shape index (κ2) is 7.88. The Bertz CT molecular complexity index is 553. The minimum Gasteiger partial charge on any atom is -0.486 e. The molecule has 2 aliphatic rings. The third kappa shape index (κ3) is 3.72. The van der Waals surface area contributed by atoms with Gasteiger partial charge in [-0.15, -0.1) is 12.4 Å². The van der Waals surface area contributed by atoms with E-state index in [9.17, 15) is 4.79 Å². The molecule has 0 radical (unpaired) electrons. The van der Waals surface area contributed by atoms with Gasteiger partial charge in [-0.3, -0.25) is 4.79 Å². The number of carbonyl (C=O) groups is 1. The molecule has 1 aromatic carbocycles.